The zero-order valence-corrected chi connectivity index (χ0v) is 18.0. The van der Waals surface area contributed by atoms with Gasteiger partial charge in [0.1, 0.15) is 0 Å². The zero-order valence-electron chi connectivity index (χ0n) is 18.0. The van der Waals surface area contributed by atoms with Crippen molar-refractivity contribution >= 4 is 11.9 Å². The first-order valence-corrected chi connectivity index (χ1v) is 11.6. The first-order chi connectivity index (χ1) is 14.4. The smallest absolute Gasteiger partial charge is 0.311 e. The van der Waals surface area contributed by atoms with Crippen LogP contribution < -0.4 is 11.1 Å². The van der Waals surface area contributed by atoms with Crippen LogP contribution in [0.25, 0.3) is 0 Å². The molecule has 30 heavy (non-hydrogen) atoms. The van der Waals surface area contributed by atoms with E-state index in [1.165, 1.54) is 12.7 Å². The number of hydrogen-bond donors (Lipinski definition) is 2. The van der Waals surface area contributed by atoms with Crippen LogP contribution in [0.3, 0.4) is 0 Å². The van der Waals surface area contributed by atoms with Gasteiger partial charge in [-0.2, -0.15) is 0 Å². The number of esters is 1. The van der Waals surface area contributed by atoms with E-state index < -0.39 is 10.8 Å². The molecule has 1 aromatic carbocycles. The highest BCUT2D eigenvalue weighted by Crippen LogP contribution is 2.70. The van der Waals surface area contributed by atoms with Crippen LogP contribution in [-0.4, -0.2) is 31.1 Å². The molecular weight excluding hydrogens is 376 g/mol. The lowest BCUT2D eigenvalue weighted by Crippen LogP contribution is -2.65. The van der Waals surface area contributed by atoms with Gasteiger partial charge in [0.2, 0.25) is 5.91 Å². The first kappa shape index (κ1) is 20.0. The van der Waals surface area contributed by atoms with E-state index >= 15 is 0 Å². The molecule has 162 valence electrons. The molecule has 1 amide bonds. The molecule has 5 heteroatoms. The highest BCUT2D eigenvalue weighted by molar-refractivity contribution is 5.87. The highest BCUT2D eigenvalue weighted by Gasteiger charge is 2.68. The summed E-state index contributed by atoms with van der Waals surface area (Å²) in [6.07, 6.45) is 8.98. The zero-order chi connectivity index (χ0) is 21.0. The van der Waals surface area contributed by atoms with Crippen molar-refractivity contribution in [1.82, 2.24) is 5.32 Å². The average Bonchev–Trinajstić information content (AvgIpc) is 2.74. The highest BCUT2D eigenvalue weighted by atomic mass is 16.5. The van der Waals surface area contributed by atoms with Crippen LogP contribution in [0.5, 0.6) is 0 Å². The summed E-state index contributed by atoms with van der Waals surface area (Å²) in [6, 6.07) is 11.1. The van der Waals surface area contributed by atoms with E-state index in [0.717, 1.165) is 57.8 Å². The number of nitrogens with two attached hydrogens (primary N) is 1. The summed E-state index contributed by atoms with van der Waals surface area (Å²) in [5.74, 6) is 0.444. The summed E-state index contributed by atoms with van der Waals surface area (Å²) in [7, 11) is 1.49. The second-order valence-electron chi connectivity index (χ2n) is 10.8. The Bertz CT molecular complexity index is 834. The molecule has 6 rings (SSSR count). The predicted octanol–water partition coefficient (Wildman–Crippen LogP) is 3.45. The van der Waals surface area contributed by atoms with E-state index in [-0.39, 0.29) is 29.4 Å². The number of rotatable bonds is 4. The van der Waals surface area contributed by atoms with Crippen molar-refractivity contribution < 1.29 is 14.3 Å². The minimum absolute atomic E-state index is 0.110. The maximum atomic E-state index is 13.8. The summed E-state index contributed by atoms with van der Waals surface area (Å²) in [5.41, 5.74) is 6.23. The van der Waals surface area contributed by atoms with Crippen LogP contribution in [-0.2, 0) is 19.7 Å². The number of carbonyl (C=O) groups is 2. The van der Waals surface area contributed by atoms with Gasteiger partial charge >= 0.3 is 5.97 Å². The van der Waals surface area contributed by atoms with Crippen LogP contribution in [0.2, 0.25) is 0 Å². The van der Waals surface area contributed by atoms with Gasteiger partial charge in [0.25, 0.3) is 0 Å². The molecule has 0 radical (unpaired) electrons. The minimum Gasteiger partial charge on any atom is -0.469 e. The summed E-state index contributed by atoms with van der Waals surface area (Å²) >= 11 is 0. The Kier molecular flexibility index (Phi) is 4.73. The lowest BCUT2D eigenvalue weighted by atomic mass is 9.38. The maximum absolute atomic E-state index is 13.8. The number of nitrogens with one attached hydrogen (secondary N) is 1. The second-order valence-corrected chi connectivity index (χ2v) is 10.8. The van der Waals surface area contributed by atoms with Crippen molar-refractivity contribution in [2.24, 2.45) is 22.5 Å². The van der Waals surface area contributed by atoms with Crippen LogP contribution in [0.4, 0.5) is 0 Å². The van der Waals surface area contributed by atoms with Gasteiger partial charge in [-0.15, -0.1) is 0 Å². The van der Waals surface area contributed by atoms with E-state index in [4.69, 9.17) is 10.5 Å². The summed E-state index contributed by atoms with van der Waals surface area (Å²) in [6.45, 7) is 0. The monoisotopic (exact) mass is 410 g/mol. The van der Waals surface area contributed by atoms with Gasteiger partial charge in [0.15, 0.2) is 0 Å². The summed E-state index contributed by atoms with van der Waals surface area (Å²) in [4.78, 5) is 26.8. The van der Waals surface area contributed by atoms with Crippen LogP contribution >= 0.6 is 0 Å². The van der Waals surface area contributed by atoms with Crippen LogP contribution in [0.1, 0.15) is 69.8 Å². The Morgan fingerprint density at radius 2 is 1.63 bits per heavy atom. The van der Waals surface area contributed by atoms with Crippen LogP contribution in [0.15, 0.2) is 30.3 Å². The molecule has 4 bridgehead atoms. The molecule has 1 aromatic rings. The van der Waals surface area contributed by atoms with E-state index in [0.29, 0.717) is 12.3 Å². The molecule has 5 nitrogen and oxygen atoms in total. The Labute approximate surface area is 179 Å². The number of methoxy groups -OCH3 is 1. The number of carbonyl (C=O) groups excluding carboxylic acids is 2. The molecule has 5 aliphatic carbocycles. The number of benzene rings is 1. The van der Waals surface area contributed by atoms with E-state index in [2.05, 4.69) is 29.6 Å². The van der Waals surface area contributed by atoms with Gasteiger partial charge in [-0.1, -0.05) is 30.3 Å². The van der Waals surface area contributed by atoms with E-state index in [9.17, 15) is 9.59 Å². The third kappa shape index (κ3) is 3.08. The fraction of sp³-hybridized carbons (Fsp3) is 0.680. The Morgan fingerprint density at radius 1 is 0.967 bits per heavy atom. The molecular formula is C25H34N2O3. The standard InChI is InChI=1S/C25H34N2O3/c1-30-22(29)25-13-17-11-23(15-25,18-5-3-2-4-6-18)14-24(12-17,16-25)21(28)27-20-9-7-19(26)8-10-20/h2-6,17,19-20H,7-16,26H2,1H3,(H,27,28)/t17?,19-,20-,23?,24?,25?. The normalized spacial score (nSPS) is 42.0. The molecule has 0 aliphatic heterocycles. The van der Waals surface area contributed by atoms with E-state index in [1.54, 1.807) is 0 Å². The number of ether oxygens (including phenoxy) is 1. The third-order valence-corrected chi connectivity index (χ3v) is 8.66. The Morgan fingerprint density at radius 3 is 2.33 bits per heavy atom. The molecule has 0 heterocycles. The number of hydrogen-bond acceptors (Lipinski definition) is 4. The largest absolute Gasteiger partial charge is 0.469 e. The number of amides is 1. The van der Waals surface area contributed by atoms with Gasteiger partial charge < -0.3 is 15.8 Å². The molecule has 3 N–H and O–H groups in total. The van der Waals surface area contributed by atoms with Crippen molar-refractivity contribution in [3.05, 3.63) is 35.9 Å². The lowest BCUT2D eigenvalue weighted by Gasteiger charge is -2.65. The fourth-order valence-corrected chi connectivity index (χ4v) is 7.85. The lowest BCUT2D eigenvalue weighted by molar-refractivity contribution is -0.186. The molecule has 4 unspecified atom stereocenters. The molecule has 0 aromatic heterocycles. The van der Waals surface area contributed by atoms with Gasteiger partial charge in [-0.05, 0) is 81.1 Å². The molecule has 5 saturated carbocycles. The van der Waals surface area contributed by atoms with Gasteiger partial charge in [-0.3, -0.25) is 9.59 Å². The van der Waals surface area contributed by atoms with Crippen molar-refractivity contribution in [1.29, 1.82) is 0 Å². The SMILES string of the molecule is COC(=O)C12CC3CC(C(=O)N[C@H]4CC[C@H](N)CC4)(C1)CC(c1ccccc1)(C3)C2. The average molecular weight is 411 g/mol. The quantitative estimate of drug-likeness (QED) is 0.745. The van der Waals surface area contributed by atoms with Gasteiger partial charge in [0, 0.05) is 12.1 Å². The van der Waals surface area contributed by atoms with E-state index in [1.807, 2.05) is 6.07 Å². The topological polar surface area (TPSA) is 81.4 Å². The molecule has 4 atom stereocenters. The summed E-state index contributed by atoms with van der Waals surface area (Å²) < 4.78 is 5.32. The third-order valence-electron chi connectivity index (χ3n) is 8.66. The Hall–Kier alpha value is -1.88. The molecule has 0 saturated heterocycles. The van der Waals surface area contributed by atoms with Crippen molar-refractivity contribution in [3.8, 4) is 0 Å². The molecule has 0 spiro atoms. The Balaban J connectivity index is 1.49. The molecule has 5 aliphatic rings. The van der Waals surface area contributed by atoms with Gasteiger partial charge in [0.05, 0.1) is 17.9 Å². The first-order valence-electron chi connectivity index (χ1n) is 11.6. The van der Waals surface area contributed by atoms with Gasteiger partial charge in [-0.25, -0.2) is 0 Å². The van der Waals surface area contributed by atoms with Crippen molar-refractivity contribution in [3.63, 3.8) is 0 Å². The maximum Gasteiger partial charge on any atom is 0.311 e. The minimum atomic E-state index is -0.531. The van der Waals surface area contributed by atoms with Crippen molar-refractivity contribution in [2.45, 2.75) is 81.7 Å². The van der Waals surface area contributed by atoms with Crippen LogP contribution in [0, 0.1) is 16.7 Å². The summed E-state index contributed by atoms with van der Waals surface area (Å²) in [5, 5.41) is 3.39. The molecule has 5 fully saturated rings. The second kappa shape index (κ2) is 7.08. The van der Waals surface area contributed by atoms with Crippen molar-refractivity contribution in [2.75, 3.05) is 7.11 Å². The fourth-order valence-electron chi connectivity index (χ4n) is 7.85. The predicted molar refractivity (Wildman–Crippen MR) is 115 cm³/mol.